The molecule has 2 atom stereocenters. The molecule has 1 aliphatic heterocycles. The Labute approximate surface area is 177 Å². The van der Waals surface area contributed by atoms with Crippen LogP contribution in [-0.2, 0) is 4.74 Å². The Morgan fingerprint density at radius 2 is 2.03 bits per heavy atom. The van der Waals surface area contributed by atoms with Crippen molar-refractivity contribution in [3.8, 4) is 0 Å². The Hall–Kier alpha value is -2.77. The van der Waals surface area contributed by atoms with Crippen molar-refractivity contribution in [1.29, 1.82) is 0 Å². The number of nitrogens with one attached hydrogen (secondary N) is 3. The van der Waals surface area contributed by atoms with Crippen LogP contribution in [0, 0.1) is 0 Å². The van der Waals surface area contributed by atoms with Crippen molar-refractivity contribution in [2.45, 2.75) is 31.8 Å². The van der Waals surface area contributed by atoms with E-state index < -0.39 is 0 Å². The lowest BCUT2D eigenvalue weighted by atomic mass is 9.96. The van der Waals surface area contributed by atoms with Crippen LogP contribution in [0.3, 0.4) is 0 Å². The SMILES string of the molecule is CNC(=O)c1cc(C(=O)NCCC[C@H]2CNCCO2)cc(C(C)c2ccccc2)n1. The summed E-state index contributed by atoms with van der Waals surface area (Å²) in [5, 5.41) is 8.85. The van der Waals surface area contributed by atoms with Crippen LogP contribution >= 0.6 is 0 Å². The van der Waals surface area contributed by atoms with Crippen LogP contribution in [0.4, 0.5) is 0 Å². The minimum absolute atomic E-state index is 0.0432. The molecule has 1 aromatic heterocycles. The molecule has 160 valence electrons. The number of carbonyl (C=O) groups is 2. The van der Waals surface area contributed by atoms with Gasteiger partial charge in [-0.05, 0) is 30.5 Å². The Morgan fingerprint density at radius 3 is 2.73 bits per heavy atom. The second-order valence-corrected chi connectivity index (χ2v) is 7.47. The van der Waals surface area contributed by atoms with Gasteiger partial charge in [0.2, 0.25) is 0 Å². The summed E-state index contributed by atoms with van der Waals surface area (Å²) in [5.74, 6) is -0.557. The number of carbonyl (C=O) groups excluding carboxylic acids is 2. The van der Waals surface area contributed by atoms with E-state index in [0.29, 0.717) is 17.8 Å². The van der Waals surface area contributed by atoms with E-state index in [-0.39, 0.29) is 29.5 Å². The maximum absolute atomic E-state index is 12.8. The van der Waals surface area contributed by atoms with Gasteiger partial charge in [0.15, 0.2) is 0 Å². The van der Waals surface area contributed by atoms with Crippen molar-refractivity contribution in [2.75, 3.05) is 33.3 Å². The quantitative estimate of drug-likeness (QED) is 0.580. The molecule has 1 unspecified atom stereocenters. The lowest BCUT2D eigenvalue weighted by Gasteiger charge is -2.23. The van der Waals surface area contributed by atoms with Crippen LogP contribution in [0.2, 0.25) is 0 Å². The van der Waals surface area contributed by atoms with Crippen LogP contribution < -0.4 is 16.0 Å². The predicted octanol–water partition coefficient (Wildman–Crippen LogP) is 2.09. The number of morpholine rings is 1. The van der Waals surface area contributed by atoms with Crippen molar-refractivity contribution in [3.05, 3.63) is 65.0 Å². The van der Waals surface area contributed by atoms with Crippen LogP contribution in [0.25, 0.3) is 0 Å². The van der Waals surface area contributed by atoms with Crippen molar-refractivity contribution in [2.24, 2.45) is 0 Å². The number of hydrogen-bond acceptors (Lipinski definition) is 5. The summed E-state index contributed by atoms with van der Waals surface area (Å²) >= 11 is 0. The molecule has 2 heterocycles. The Bertz CT molecular complexity index is 851. The average Bonchev–Trinajstić information content (AvgIpc) is 2.81. The summed E-state index contributed by atoms with van der Waals surface area (Å²) in [6.07, 6.45) is 1.93. The third-order valence-corrected chi connectivity index (χ3v) is 5.30. The van der Waals surface area contributed by atoms with Gasteiger partial charge in [0, 0.05) is 43.9 Å². The van der Waals surface area contributed by atoms with Gasteiger partial charge in [0.05, 0.1) is 12.7 Å². The van der Waals surface area contributed by atoms with Crippen LogP contribution in [-0.4, -0.2) is 56.2 Å². The molecule has 2 aromatic rings. The monoisotopic (exact) mass is 410 g/mol. The van der Waals surface area contributed by atoms with Crippen LogP contribution in [0.15, 0.2) is 42.5 Å². The van der Waals surface area contributed by atoms with Gasteiger partial charge < -0.3 is 20.7 Å². The number of nitrogens with zero attached hydrogens (tertiary/aromatic N) is 1. The largest absolute Gasteiger partial charge is 0.376 e. The summed E-state index contributed by atoms with van der Waals surface area (Å²) in [6.45, 7) is 5.06. The molecule has 3 N–H and O–H groups in total. The van der Waals surface area contributed by atoms with Gasteiger partial charge in [-0.25, -0.2) is 4.98 Å². The summed E-state index contributed by atoms with van der Waals surface area (Å²) in [6, 6.07) is 13.2. The van der Waals surface area contributed by atoms with E-state index in [0.717, 1.165) is 38.1 Å². The zero-order valence-corrected chi connectivity index (χ0v) is 17.6. The summed E-state index contributed by atoms with van der Waals surface area (Å²) < 4.78 is 5.68. The first-order chi connectivity index (χ1) is 14.6. The molecule has 2 amide bonds. The summed E-state index contributed by atoms with van der Waals surface area (Å²) in [4.78, 5) is 29.5. The number of ether oxygens (including phenoxy) is 1. The molecule has 1 aromatic carbocycles. The number of amides is 2. The molecule has 7 heteroatoms. The highest BCUT2D eigenvalue weighted by Gasteiger charge is 2.18. The standard InChI is InChI=1S/C23H30N4O3/c1-16(17-7-4-3-5-8-17)20-13-18(14-21(27-20)23(29)24-2)22(28)26-10-6-9-19-15-25-11-12-30-19/h3-5,7-8,13-14,16,19,25H,6,9-12,15H2,1-2H3,(H,24,29)(H,26,28)/t16?,19-/m0/s1. The molecule has 0 aliphatic carbocycles. The first-order valence-electron chi connectivity index (χ1n) is 10.5. The fourth-order valence-corrected chi connectivity index (χ4v) is 3.50. The van der Waals surface area contributed by atoms with Gasteiger partial charge in [0.25, 0.3) is 11.8 Å². The van der Waals surface area contributed by atoms with Gasteiger partial charge in [-0.1, -0.05) is 37.3 Å². The van der Waals surface area contributed by atoms with Gasteiger partial charge in [-0.3, -0.25) is 9.59 Å². The van der Waals surface area contributed by atoms with E-state index in [2.05, 4.69) is 20.9 Å². The molecular formula is C23H30N4O3. The molecule has 3 rings (SSSR count). The normalized spacial score (nSPS) is 17.2. The lowest BCUT2D eigenvalue weighted by Crippen LogP contribution is -2.38. The maximum Gasteiger partial charge on any atom is 0.269 e. The molecule has 0 saturated carbocycles. The van der Waals surface area contributed by atoms with E-state index in [1.54, 1.807) is 19.2 Å². The number of benzene rings is 1. The number of rotatable bonds is 8. The zero-order chi connectivity index (χ0) is 21.3. The highest BCUT2D eigenvalue weighted by molar-refractivity contribution is 5.98. The van der Waals surface area contributed by atoms with Gasteiger partial charge in [0.1, 0.15) is 5.69 Å². The second-order valence-electron chi connectivity index (χ2n) is 7.47. The number of hydrogen-bond donors (Lipinski definition) is 3. The van der Waals surface area contributed by atoms with Crippen molar-refractivity contribution in [1.82, 2.24) is 20.9 Å². The Balaban J connectivity index is 1.69. The highest BCUT2D eigenvalue weighted by atomic mass is 16.5. The smallest absolute Gasteiger partial charge is 0.269 e. The second kappa shape index (κ2) is 10.8. The third-order valence-electron chi connectivity index (χ3n) is 5.30. The van der Waals surface area contributed by atoms with Crippen LogP contribution in [0.5, 0.6) is 0 Å². The zero-order valence-electron chi connectivity index (χ0n) is 17.6. The van der Waals surface area contributed by atoms with Crippen LogP contribution in [0.1, 0.15) is 57.8 Å². The van der Waals surface area contributed by atoms with Gasteiger partial charge >= 0.3 is 0 Å². The molecule has 0 radical (unpaired) electrons. The molecule has 30 heavy (non-hydrogen) atoms. The topological polar surface area (TPSA) is 92.4 Å². The van der Waals surface area contributed by atoms with Gasteiger partial charge in [-0.2, -0.15) is 0 Å². The van der Waals surface area contributed by atoms with E-state index in [1.807, 2.05) is 37.3 Å². The molecule has 7 nitrogen and oxygen atoms in total. The average molecular weight is 411 g/mol. The van der Waals surface area contributed by atoms with Crippen molar-refractivity contribution >= 4 is 11.8 Å². The number of aromatic nitrogens is 1. The van der Waals surface area contributed by atoms with E-state index in [1.165, 1.54) is 0 Å². The minimum Gasteiger partial charge on any atom is -0.376 e. The van der Waals surface area contributed by atoms with Crippen molar-refractivity contribution < 1.29 is 14.3 Å². The molecule has 1 aliphatic rings. The third kappa shape index (κ3) is 5.87. The first kappa shape index (κ1) is 21.9. The first-order valence-corrected chi connectivity index (χ1v) is 10.5. The van der Waals surface area contributed by atoms with Crippen molar-refractivity contribution in [3.63, 3.8) is 0 Å². The molecule has 0 spiro atoms. The van der Waals surface area contributed by atoms with E-state index in [9.17, 15) is 9.59 Å². The highest BCUT2D eigenvalue weighted by Crippen LogP contribution is 2.23. The fraction of sp³-hybridized carbons (Fsp3) is 0.435. The predicted molar refractivity (Wildman–Crippen MR) is 116 cm³/mol. The lowest BCUT2D eigenvalue weighted by molar-refractivity contribution is 0.0225. The van der Waals surface area contributed by atoms with Gasteiger partial charge in [-0.15, -0.1) is 0 Å². The fourth-order valence-electron chi connectivity index (χ4n) is 3.50. The Morgan fingerprint density at radius 1 is 1.23 bits per heavy atom. The molecule has 1 fully saturated rings. The van der Waals surface area contributed by atoms with E-state index >= 15 is 0 Å². The number of pyridine rings is 1. The summed E-state index contributed by atoms with van der Waals surface area (Å²) in [7, 11) is 1.55. The molecular weight excluding hydrogens is 380 g/mol. The minimum atomic E-state index is -0.312. The summed E-state index contributed by atoms with van der Waals surface area (Å²) in [5.41, 5.74) is 2.45. The maximum atomic E-state index is 12.8. The Kier molecular flexibility index (Phi) is 7.93. The molecule has 0 bridgehead atoms. The van der Waals surface area contributed by atoms with E-state index in [4.69, 9.17) is 4.74 Å². The molecule has 1 saturated heterocycles.